The predicted octanol–water partition coefficient (Wildman–Crippen LogP) is 4.85. The minimum Gasteiger partial charge on any atom is -0.508 e. The van der Waals surface area contributed by atoms with Crippen LogP contribution in [0.2, 0.25) is 0 Å². The van der Waals surface area contributed by atoms with Crippen LogP contribution >= 0.6 is 15.9 Å². The number of rotatable bonds is 3. The Morgan fingerprint density at radius 2 is 1.84 bits per heavy atom. The summed E-state index contributed by atoms with van der Waals surface area (Å²) in [5.41, 5.74) is 3.81. The summed E-state index contributed by atoms with van der Waals surface area (Å²) in [6.07, 6.45) is 1.56. The predicted molar refractivity (Wildman–Crippen MR) is 103 cm³/mol. The highest BCUT2D eigenvalue weighted by molar-refractivity contribution is 9.10. The summed E-state index contributed by atoms with van der Waals surface area (Å²) in [5, 5.41) is 13.8. The van der Waals surface area contributed by atoms with Gasteiger partial charge in [0.15, 0.2) is 0 Å². The second-order valence-electron chi connectivity index (χ2n) is 5.73. The Hall–Kier alpha value is -2.86. The molecule has 5 nitrogen and oxygen atoms in total. The average molecular weight is 395 g/mol. The molecule has 4 rings (SSSR count). The first kappa shape index (κ1) is 15.7. The van der Waals surface area contributed by atoms with Gasteiger partial charge in [-0.05, 0) is 54.1 Å². The van der Waals surface area contributed by atoms with Crippen LogP contribution in [0.1, 0.15) is 0 Å². The summed E-state index contributed by atoms with van der Waals surface area (Å²) in [6, 6.07) is 17.1. The fraction of sp³-hybridized carbons (Fsp3) is 0.0526. The first-order chi connectivity index (χ1) is 12.1. The number of aromatic hydroxyl groups is 1. The molecule has 0 aliphatic carbocycles. The van der Waals surface area contributed by atoms with E-state index in [1.54, 1.807) is 18.5 Å². The fourth-order valence-electron chi connectivity index (χ4n) is 2.85. The van der Waals surface area contributed by atoms with Crippen LogP contribution in [0.25, 0.3) is 22.3 Å². The number of hydrogen-bond donors (Lipinski definition) is 2. The highest BCUT2D eigenvalue weighted by atomic mass is 79.9. The van der Waals surface area contributed by atoms with Crippen molar-refractivity contribution in [2.75, 3.05) is 5.32 Å². The van der Waals surface area contributed by atoms with Crippen LogP contribution in [0.5, 0.6) is 5.75 Å². The topological polar surface area (TPSA) is 63.0 Å². The summed E-state index contributed by atoms with van der Waals surface area (Å²) in [7, 11) is 1.97. The molecule has 0 fully saturated rings. The van der Waals surface area contributed by atoms with Gasteiger partial charge in [0.2, 0.25) is 0 Å². The highest BCUT2D eigenvalue weighted by Gasteiger charge is 2.13. The number of aryl methyl sites for hydroxylation is 1. The highest BCUT2D eigenvalue weighted by Crippen LogP contribution is 2.31. The molecule has 25 heavy (non-hydrogen) atoms. The molecular weight excluding hydrogens is 380 g/mol. The quantitative estimate of drug-likeness (QED) is 0.521. The van der Waals surface area contributed by atoms with Crippen molar-refractivity contribution >= 4 is 38.5 Å². The third kappa shape index (κ3) is 2.96. The maximum atomic E-state index is 9.50. The van der Waals surface area contributed by atoms with Crippen molar-refractivity contribution in [3.63, 3.8) is 0 Å². The van der Waals surface area contributed by atoms with Gasteiger partial charge < -0.3 is 15.0 Å². The number of benzene rings is 2. The maximum absolute atomic E-state index is 9.50. The van der Waals surface area contributed by atoms with Crippen molar-refractivity contribution in [2.45, 2.75) is 0 Å². The van der Waals surface area contributed by atoms with E-state index in [0.29, 0.717) is 0 Å². The van der Waals surface area contributed by atoms with Gasteiger partial charge in [0.1, 0.15) is 23.5 Å². The lowest BCUT2D eigenvalue weighted by Gasteiger charge is -2.07. The number of anilines is 2. The van der Waals surface area contributed by atoms with Gasteiger partial charge in [-0.3, -0.25) is 0 Å². The van der Waals surface area contributed by atoms with Gasteiger partial charge in [0.25, 0.3) is 0 Å². The smallest absolute Gasteiger partial charge is 0.145 e. The molecule has 124 valence electrons. The molecule has 2 N–H and O–H groups in total. The van der Waals surface area contributed by atoms with Crippen molar-refractivity contribution in [3.8, 4) is 17.0 Å². The average Bonchev–Trinajstić information content (AvgIpc) is 2.94. The van der Waals surface area contributed by atoms with Crippen LogP contribution in [0, 0.1) is 0 Å². The Morgan fingerprint density at radius 3 is 2.60 bits per heavy atom. The van der Waals surface area contributed by atoms with Crippen LogP contribution in [-0.4, -0.2) is 19.6 Å². The van der Waals surface area contributed by atoms with Crippen molar-refractivity contribution in [3.05, 3.63) is 65.4 Å². The van der Waals surface area contributed by atoms with E-state index in [1.165, 1.54) is 0 Å². The van der Waals surface area contributed by atoms with Crippen LogP contribution in [0.3, 0.4) is 0 Å². The zero-order valence-electron chi connectivity index (χ0n) is 13.4. The first-order valence-electron chi connectivity index (χ1n) is 7.74. The number of phenolic OH excluding ortho intramolecular Hbond substituents is 1. The molecule has 0 saturated heterocycles. The zero-order valence-corrected chi connectivity index (χ0v) is 15.0. The molecule has 2 aromatic carbocycles. The summed E-state index contributed by atoms with van der Waals surface area (Å²) in [5.74, 6) is 1.00. The Bertz CT molecular complexity index is 1060. The number of halogens is 1. The van der Waals surface area contributed by atoms with Gasteiger partial charge in [-0.1, -0.05) is 22.0 Å². The fourth-order valence-corrected chi connectivity index (χ4v) is 3.25. The Morgan fingerprint density at radius 1 is 1.04 bits per heavy atom. The van der Waals surface area contributed by atoms with Gasteiger partial charge in [-0.25, -0.2) is 9.97 Å². The van der Waals surface area contributed by atoms with E-state index in [4.69, 9.17) is 0 Å². The van der Waals surface area contributed by atoms with Crippen molar-refractivity contribution in [2.24, 2.45) is 7.05 Å². The molecule has 2 aromatic heterocycles. The van der Waals surface area contributed by atoms with Gasteiger partial charge in [-0.2, -0.15) is 0 Å². The number of aromatic nitrogens is 3. The van der Waals surface area contributed by atoms with Crippen LogP contribution in [0.4, 0.5) is 11.5 Å². The molecule has 0 saturated carbocycles. The van der Waals surface area contributed by atoms with Gasteiger partial charge in [0, 0.05) is 17.2 Å². The molecule has 0 atom stereocenters. The van der Waals surface area contributed by atoms with Crippen molar-refractivity contribution in [1.82, 2.24) is 14.5 Å². The summed E-state index contributed by atoms with van der Waals surface area (Å²) >= 11 is 3.48. The van der Waals surface area contributed by atoms with Gasteiger partial charge >= 0.3 is 0 Å². The second kappa shape index (κ2) is 6.22. The monoisotopic (exact) mass is 394 g/mol. The van der Waals surface area contributed by atoms with Crippen LogP contribution in [-0.2, 0) is 7.05 Å². The number of fused-ring (bicyclic) bond motifs is 1. The number of hydrogen-bond acceptors (Lipinski definition) is 4. The Labute approximate surface area is 153 Å². The van der Waals surface area contributed by atoms with E-state index in [-0.39, 0.29) is 5.75 Å². The van der Waals surface area contributed by atoms with Crippen molar-refractivity contribution < 1.29 is 5.11 Å². The van der Waals surface area contributed by atoms with E-state index in [1.807, 2.05) is 48.0 Å². The van der Waals surface area contributed by atoms with Gasteiger partial charge in [0.05, 0.1) is 11.1 Å². The maximum Gasteiger partial charge on any atom is 0.145 e. The molecule has 0 aliphatic rings. The summed E-state index contributed by atoms with van der Waals surface area (Å²) < 4.78 is 3.02. The lowest BCUT2D eigenvalue weighted by Crippen LogP contribution is -1.97. The molecule has 0 aliphatic heterocycles. The first-order valence-corrected chi connectivity index (χ1v) is 8.53. The van der Waals surface area contributed by atoms with E-state index >= 15 is 0 Å². The Kier molecular flexibility index (Phi) is 3.89. The largest absolute Gasteiger partial charge is 0.508 e. The normalized spacial score (nSPS) is 11.0. The zero-order chi connectivity index (χ0) is 17.4. The molecule has 0 amide bonds. The molecular formula is C19H15BrN4O. The number of nitrogens with zero attached hydrogens (tertiary/aromatic N) is 3. The minimum atomic E-state index is 0.249. The third-order valence-electron chi connectivity index (χ3n) is 4.07. The summed E-state index contributed by atoms with van der Waals surface area (Å²) in [6.45, 7) is 0. The molecule has 6 heteroatoms. The van der Waals surface area contributed by atoms with E-state index in [9.17, 15) is 5.11 Å². The molecule has 4 aromatic rings. The second-order valence-corrected chi connectivity index (χ2v) is 6.65. The number of phenols is 1. The van der Waals surface area contributed by atoms with E-state index in [0.717, 1.165) is 38.3 Å². The molecule has 0 spiro atoms. The standard InChI is InChI=1S/C19H15BrN4O/c1-24-17(12-5-7-15(25)8-6-12)10-16-18(21-11-22-19(16)24)23-14-4-2-3-13(20)9-14/h2-11,25H,1H3,(H,21,22,23). The van der Waals surface area contributed by atoms with E-state index in [2.05, 4.69) is 37.3 Å². The summed E-state index contributed by atoms with van der Waals surface area (Å²) in [4.78, 5) is 8.82. The molecule has 0 radical (unpaired) electrons. The Balaban J connectivity index is 1.82. The SMILES string of the molecule is Cn1c(-c2ccc(O)cc2)cc2c(Nc3cccc(Br)c3)ncnc21. The third-order valence-corrected chi connectivity index (χ3v) is 4.57. The molecule has 0 bridgehead atoms. The lowest BCUT2D eigenvalue weighted by molar-refractivity contribution is 0.475. The molecule has 0 unspecified atom stereocenters. The van der Waals surface area contributed by atoms with Crippen LogP contribution < -0.4 is 5.32 Å². The molecule has 2 heterocycles. The van der Waals surface area contributed by atoms with Crippen molar-refractivity contribution in [1.29, 1.82) is 0 Å². The number of nitrogens with one attached hydrogen (secondary N) is 1. The van der Waals surface area contributed by atoms with Crippen LogP contribution in [0.15, 0.2) is 65.4 Å². The van der Waals surface area contributed by atoms with E-state index < -0.39 is 0 Å². The lowest BCUT2D eigenvalue weighted by atomic mass is 10.1. The minimum absolute atomic E-state index is 0.249. The van der Waals surface area contributed by atoms with Gasteiger partial charge in [-0.15, -0.1) is 0 Å².